The van der Waals surface area contributed by atoms with E-state index in [0.717, 1.165) is 29.1 Å². The van der Waals surface area contributed by atoms with Crippen molar-refractivity contribution >= 4 is 34.2 Å². The summed E-state index contributed by atoms with van der Waals surface area (Å²) >= 11 is 1.69. The van der Waals surface area contributed by atoms with E-state index in [-0.39, 0.29) is 17.7 Å². The van der Waals surface area contributed by atoms with E-state index >= 15 is 0 Å². The van der Waals surface area contributed by atoms with Gasteiger partial charge < -0.3 is 15.5 Å². The van der Waals surface area contributed by atoms with E-state index in [1.807, 2.05) is 26.2 Å². The van der Waals surface area contributed by atoms with Gasteiger partial charge in [-0.25, -0.2) is 0 Å². The Morgan fingerprint density at radius 1 is 0.933 bits per heavy atom. The molecule has 5 heteroatoms. The number of benzene rings is 2. The molecule has 1 aromatic heterocycles. The molecule has 2 atom stereocenters. The fourth-order valence-electron chi connectivity index (χ4n) is 4.44. The third-order valence-electron chi connectivity index (χ3n) is 6.02. The Labute approximate surface area is 181 Å². The fraction of sp³-hybridized carbons (Fsp3) is 0.240. The second-order valence-corrected chi connectivity index (χ2v) is 9.15. The Bertz CT molecular complexity index is 1100. The molecule has 0 amide bonds. The Hall–Kier alpha value is -3.05. The van der Waals surface area contributed by atoms with Crippen LogP contribution in [0.4, 0.5) is 17.1 Å². The number of allylic oxidation sites excluding steroid dienone is 1. The number of hydrogen-bond donors (Lipinski definition) is 2. The van der Waals surface area contributed by atoms with Gasteiger partial charge in [-0.15, -0.1) is 11.3 Å². The molecule has 1 aliphatic heterocycles. The molecule has 2 aromatic carbocycles. The molecule has 5 rings (SSSR count). The number of para-hydroxylation sites is 2. The van der Waals surface area contributed by atoms with Gasteiger partial charge in [0.2, 0.25) is 0 Å². The zero-order chi connectivity index (χ0) is 20.7. The first-order valence-electron chi connectivity index (χ1n) is 10.3. The summed E-state index contributed by atoms with van der Waals surface area (Å²) in [6.45, 7) is 0. The van der Waals surface area contributed by atoms with Crippen molar-refractivity contribution < 1.29 is 4.79 Å². The Morgan fingerprint density at radius 2 is 1.70 bits per heavy atom. The summed E-state index contributed by atoms with van der Waals surface area (Å²) in [6.07, 6.45) is 1.38. The lowest BCUT2D eigenvalue weighted by Gasteiger charge is -2.29. The van der Waals surface area contributed by atoms with E-state index in [2.05, 4.69) is 69.4 Å². The van der Waals surface area contributed by atoms with Crippen molar-refractivity contribution in [1.29, 1.82) is 0 Å². The van der Waals surface area contributed by atoms with Gasteiger partial charge in [-0.2, -0.15) is 0 Å². The summed E-state index contributed by atoms with van der Waals surface area (Å²) in [5, 5.41) is 9.31. The first-order valence-corrected chi connectivity index (χ1v) is 11.2. The van der Waals surface area contributed by atoms with Crippen molar-refractivity contribution in [3.05, 3.63) is 87.8 Å². The molecule has 4 nitrogen and oxygen atoms in total. The van der Waals surface area contributed by atoms with E-state index in [1.165, 1.54) is 16.1 Å². The first kappa shape index (κ1) is 18.9. The Morgan fingerprint density at radius 3 is 2.40 bits per heavy atom. The van der Waals surface area contributed by atoms with Gasteiger partial charge in [0.05, 0.1) is 17.4 Å². The monoisotopic (exact) mass is 415 g/mol. The number of nitrogens with one attached hydrogen (secondary N) is 2. The van der Waals surface area contributed by atoms with Gasteiger partial charge in [0.1, 0.15) is 0 Å². The summed E-state index contributed by atoms with van der Waals surface area (Å²) in [5.74, 6) is 0.415. The van der Waals surface area contributed by atoms with Crippen LogP contribution in [0.2, 0.25) is 0 Å². The number of Topliss-reactive ketones (excluding diaryl/α,β-unsaturated/α-hetero) is 1. The van der Waals surface area contributed by atoms with Gasteiger partial charge in [-0.05, 0) is 53.6 Å². The molecule has 0 unspecified atom stereocenters. The minimum Gasteiger partial charge on any atom is -0.378 e. The number of rotatable bonds is 3. The number of anilines is 3. The van der Waals surface area contributed by atoms with Crippen molar-refractivity contribution in [1.82, 2.24) is 0 Å². The number of carbonyl (C=O) groups is 1. The Kier molecular flexibility index (Phi) is 4.83. The maximum atomic E-state index is 13.5. The van der Waals surface area contributed by atoms with Crippen LogP contribution in [0, 0.1) is 0 Å². The summed E-state index contributed by atoms with van der Waals surface area (Å²) in [6, 6.07) is 20.9. The molecule has 152 valence electrons. The van der Waals surface area contributed by atoms with Crippen LogP contribution in [0.25, 0.3) is 0 Å². The molecule has 1 aliphatic carbocycles. The van der Waals surface area contributed by atoms with Crippen molar-refractivity contribution in [2.24, 2.45) is 0 Å². The van der Waals surface area contributed by atoms with Gasteiger partial charge in [-0.1, -0.05) is 30.3 Å². The lowest BCUT2D eigenvalue weighted by molar-refractivity contribution is -0.116. The average Bonchev–Trinajstić information content (AvgIpc) is 3.22. The van der Waals surface area contributed by atoms with Crippen LogP contribution < -0.4 is 15.5 Å². The molecule has 0 saturated carbocycles. The zero-order valence-corrected chi connectivity index (χ0v) is 18.0. The number of fused-ring (bicyclic) bond motifs is 1. The van der Waals surface area contributed by atoms with Gasteiger partial charge in [0, 0.05) is 42.4 Å². The van der Waals surface area contributed by atoms with Crippen molar-refractivity contribution in [3.8, 4) is 0 Å². The molecule has 0 radical (unpaired) electrons. The third kappa shape index (κ3) is 3.39. The van der Waals surface area contributed by atoms with E-state index in [1.54, 1.807) is 11.3 Å². The highest BCUT2D eigenvalue weighted by molar-refractivity contribution is 7.10. The highest BCUT2D eigenvalue weighted by Crippen LogP contribution is 2.45. The van der Waals surface area contributed by atoms with Crippen LogP contribution in [-0.2, 0) is 4.79 Å². The van der Waals surface area contributed by atoms with Crippen molar-refractivity contribution in [3.63, 3.8) is 0 Å². The quantitative estimate of drug-likeness (QED) is 0.568. The molecular weight excluding hydrogens is 390 g/mol. The van der Waals surface area contributed by atoms with Crippen LogP contribution in [-0.4, -0.2) is 19.9 Å². The molecule has 30 heavy (non-hydrogen) atoms. The van der Waals surface area contributed by atoms with Crippen LogP contribution in [0.15, 0.2) is 77.3 Å². The summed E-state index contributed by atoms with van der Waals surface area (Å²) < 4.78 is 0. The summed E-state index contributed by atoms with van der Waals surface area (Å²) in [7, 11) is 4.08. The van der Waals surface area contributed by atoms with Gasteiger partial charge in [0.25, 0.3) is 0 Å². The molecule has 2 aliphatic rings. The number of carbonyl (C=O) groups excluding carboxylic acids is 1. The smallest absolute Gasteiger partial charge is 0.163 e. The van der Waals surface area contributed by atoms with Crippen molar-refractivity contribution in [2.45, 2.75) is 24.8 Å². The molecular formula is C25H25N3OS. The Balaban J connectivity index is 1.54. The average molecular weight is 416 g/mol. The predicted octanol–water partition coefficient (Wildman–Crippen LogP) is 5.79. The lowest BCUT2D eigenvalue weighted by Crippen LogP contribution is -2.26. The van der Waals surface area contributed by atoms with Crippen molar-refractivity contribution in [2.75, 3.05) is 29.6 Å². The zero-order valence-electron chi connectivity index (χ0n) is 17.2. The number of thiophene rings is 1. The highest BCUT2D eigenvalue weighted by Gasteiger charge is 2.36. The van der Waals surface area contributed by atoms with Gasteiger partial charge >= 0.3 is 0 Å². The largest absolute Gasteiger partial charge is 0.378 e. The molecule has 3 aromatic rings. The minimum atomic E-state index is -0.110. The lowest BCUT2D eigenvalue weighted by atomic mass is 9.79. The van der Waals surface area contributed by atoms with Crippen LogP contribution in [0.5, 0.6) is 0 Å². The molecule has 0 saturated heterocycles. The predicted molar refractivity (Wildman–Crippen MR) is 126 cm³/mol. The second-order valence-electron chi connectivity index (χ2n) is 8.17. The van der Waals surface area contributed by atoms with Gasteiger partial charge in [-0.3, -0.25) is 4.79 Å². The number of ketones is 1. The number of hydrogen-bond acceptors (Lipinski definition) is 5. The highest BCUT2D eigenvalue weighted by atomic mass is 32.1. The number of nitrogens with zero attached hydrogens (tertiary/aromatic N) is 1. The standard InChI is InChI=1S/C25H25N3OS/c1-28(2)18-11-9-16(10-12-18)17-14-21-24(22(29)15-17)25(23-8-5-13-30-23)27-20-7-4-3-6-19(20)26-21/h3-13,17,25-27H,14-15H2,1-2H3/t17-,25+/m1/s1. The molecule has 2 N–H and O–H groups in total. The topological polar surface area (TPSA) is 44.4 Å². The van der Waals surface area contributed by atoms with E-state index in [0.29, 0.717) is 6.42 Å². The molecule has 0 fully saturated rings. The SMILES string of the molecule is CN(C)c1ccc([C@H]2CC(=O)C3=C(C2)Nc2ccccc2N[C@H]3c2cccs2)cc1. The molecule has 2 heterocycles. The van der Waals surface area contributed by atoms with E-state index in [9.17, 15) is 4.79 Å². The fourth-order valence-corrected chi connectivity index (χ4v) is 5.23. The molecule has 0 spiro atoms. The van der Waals surface area contributed by atoms with Crippen LogP contribution in [0.3, 0.4) is 0 Å². The van der Waals surface area contributed by atoms with Crippen LogP contribution >= 0.6 is 11.3 Å². The maximum absolute atomic E-state index is 13.5. The summed E-state index contributed by atoms with van der Waals surface area (Å²) in [4.78, 5) is 16.7. The third-order valence-corrected chi connectivity index (χ3v) is 6.95. The summed E-state index contributed by atoms with van der Waals surface area (Å²) in [5.41, 5.74) is 6.38. The second kappa shape index (κ2) is 7.65. The van der Waals surface area contributed by atoms with Gasteiger partial charge in [0.15, 0.2) is 5.78 Å². The molecule has 0 bridgehead atoms. The maximum Gasteiger partial charge on any atom is 0.163 e. The minimum absolute atomic E-state index is 0.110. The van der Waals surface area contributed by atoms with E-state index < -0.39 is 0 Å². The normalized spacial score (nSPS) is 20.5. The van der Waals surface area contributed by atoms with Crippen LogP contribution in [0.1, 0.15) is 35.2 Å². The first-order chi connectivity index (χ1) is 14.6. The van der Waals surface area contributed by atoms with E-state index in [4.69, 9.17) is 0 Å².